The van der Waals surface area contributed by atoms with Crippen LogP contribution in [0.5, 0.6) is 5.75 Å². The molecule has 0 saturated carbocycles. The highest BCUT2D eigenvalue weighted by Gasteiger charge is 2.25. The smallest absolute Gasteiger partial charge is 0.266 e. The van der Waals surface area contributed by atoms with Gasteiger partial charge in [0, 0.05) is 18.3 Å². The number of carbonyl (C=O) groups is 1. The molecule has 4 rings (SSSR count). The van der Waals surface area contributed by atoms with Crippen LogP contribution in [-0.4, -0.2) is 34.4 Å². The Labute approximate surface area is 207 Å². The average molecular weight is 485 g/mol. The molecule has 1 unspecified atom stereocenters. The largest absolute Gasteiger partial charge is 0.497 e. The van der Waals surface area contributed by atoms with E-state index in [1.54, 1.807) is 61.4 Å². The first kappa shape index (κ1) is 24.0. The van der Waals surface area contributed by atoms with Gasteiger partial charge in [-0.1, -0.05) is 48.2 Å². The van der Waals surface area contributed by atoms with E-state index in [0.29, 0.717) is 27.5 Å². The highest BCUT2D eigenvalue weighted by Crippen LogP contribution is 2.28. The predicted octanol–water partition coefficient (Wildman–Crippen LogP) is 4.82. The Hall–Kier alpha value is -4.09. The van der Waals surface area contributed by atoms with Crippen molar-refractivity contribution in [3.63, 3.8) is 0 Å². The van der Waals surface area contributed by atoms with E-state index < -0.39 is 5.25 Å². The van der Waals surface area contributed by atoms with Crippen LogP contribution in [0.4, 0.5) is 5.69 Å². The monoisotopic (exact) mass is 484 g/mol. The molecular weight excluding hydrogens is 460 g/mol. The van der Waals surface area contributed by atoms with E-state index in [2.05, 4.69) is 6.07 Å². The molecule has 0 bridgehead atoms. The number of nitrogens with zero attached hydrogens (tertiary/aromatic N) is 4. The molecule has 8 heteroatoms. The maximum Gasteiger partial charge on any atom is 0.266 e. The maximum absolute atomic E-state index is 13.5. The van der Waals surface area contributed by atoms with Gasteiger partial charge in [0.1, 0.15) is 5.75 Å². The summed E-state index contributed by atoms with van der Waals surface area (Å²) in [4.78, 5) is 33.4. The van der Waals surface area contributed by atoms with E-state index >= 15 is 0 Å². The summed E-state index contributed by atoms with van der Waals surface area (Å²) in [7, 11) is 1.57. The zero-order valence-electron chi connectivity index (χ0n) is 19.4. The number of benzene rings is 3. The van der Waals surface area contributed by atoms with Gasteiger partial charge in [-0.05, 0) is 43.3 Å². The SMILES string of the molecule is COc1cccc(-n2c(SC(C)C(=O)N(CCC#N)c3ccccc3)nc3ccccc3c2=O)c1. The van der Waals surface area contributed by atoms with Gasteiger partial charge < -0.3 is 9.64 Å². The van der Waals surface area contributed by atoms with Crippen LogP contribution in [0.2, 0.25) is 0 Å². The van der Waals surface area contributed by atoms with Gasteiger partial charge in [0.15, 0.2) is 5.16 Å². The number of anilines is 1. The number of hydrogen-bond acceptors (Lipinski definition) is 6. The molecule has 0 aliphatic rings. The molecule has 3 aromatic carbocycles. The molecular formula is C27H24N4O3S. The molecule has 0 saturated heterocycles. The zero-order chi connectivity index (χ0) is 24.8. The molecule has 1 amide bonds. The summed E-state index contributed by atoms with van der Waals surface area (Å²) in [6.07, 6.45) is 0.209. The zero-order valence-corrected chi connectivity index (χ0v) is 20.2. The second-order valence-electron chi connectivity index (χ2n) is 7.75. The molecule has 1 heterocycles. The molecule has 0 radical (unpaired) electrons. The molecule has 0 spiro atoms. The topological polar surface area (TPSA) is 88.2 Å². The minimum absolute atomic E-state index is 0.170. The van der Waals surface area contributed by atoms with Crippen molar-refractivity contribution >= 4 is 34.3 Å². The molecule has 0 aliphatic carbocycles. The van der Waals surface area contributed by atoms with Crippen LogP contribution in [0.1, 0.15) is 13.3 Å². The third kappa shape index (κ3) is 5.20. The molecule has 4 aromatic rings. The van der Waals surface area contributed by atoms with Crippen LogP contribution in [0.25, 0.3) is 16.6 Å². The van der Waals surface area contributed by atoms with Crippen molar-refractivity contribution in [2.24, 2.45) is 0 Å². The summed E-state index contributed by atoms with van der Waals surface area (Å²) in [6.45, 7) is 2.06. The summed E-state index contributed by atoms with van der Waals surface area (Å²) in [5, 5.41) is 9.42. The van der Waals surface area contributed by atoms with Crippen LogP contribution in [0.3, 0.4) is 0 Å². The van der Waals surface area contributed by atoms with Crippen LogP contribution in [0.15, 0.2) is 88.8 Å². The fourth-order valence-electron chi connectivity index (χ4n) is 3.73. The number of ether oxygens (including phenoxy) is 1. The van der Waals surface area contributed by atoms with Gasteiger partial charge >= 0.3 is 0 Å². The van der Waals surface area contributed by atoms with E-state index in [1.807, 2.05) is 36.4 Å². The number of fused-ring (bicyclic) bond motifs is 1. The van der Waals surface area contributed by atoms with Crippen LogP contribution < -0.4 is 15.2 Å². The number of thioether (sulfide) groups is 1. The molecule has 0 aliphatic heterocycles. The molecule has 1 atom stereocenters. The van der Waals surface area contributed by atoms with Gasteiger partial charge in [0.25, 0.3) is 5.56 Å². The lowest BCUT2D eigenvalue weighted by atomic mass is 10.2. The van der Waals surface area contributed by atoms with Crippen molar-refractivity contribution in [3.8, 4) is 17.5 Å². The van der Waals surface area contributed by atoms with Gasteiger partial charge in [-0.2, -0.15) is 5.26 Å². The Morgan fingerprint density at radius 1 is 1.11 bits per heavy atom. The van der Waals surface area contributed by atoms with Crippen molar-refractivity contribution in [1.29, 1.82) is 5.26 Å². The molecule has 1 aromatic heterocycles. The van der Waals surface area contributed by atoms with Crippen molar-refractivity contribution in [2.75, 3.05) is 18.6 Å². The first-order valence-corrected chi connectivity index (χ1v) is 12.0. The van der Waals surface area contributed by atoms with Crippen molar-refractivity contribution in [1.82, 2.24) is 9.55 Å². The number of nitriles is 1. The van der Waals surface area contributed by atoms with Gasteiger partial charge in [0.05, 0.1) is 41.4 Å². The van der Waals surface area contributed by atoms with E-state index in [0.717, 1.165) is 5.69 Å². The average Bonchev–Trinajstić information content (AvgIpc) is 2.89. The van der Waals surface area contributed by atoms with Crippen LogP contribution in [-0.2, 0) is 4.79 Å². The number of methoxy groups -OCH3 is 1. The Bertz CT molecular complexity index is 1450. The summed E-state index contributed by atoms with van der Waals surface area (Å²) in [5.74, 6) is 0.436. The van der Waals surface area contributed by atoms with E-state index in [9.17, 15) is 9.59 Å². The Balaban J connectivity index is 1.76. The third-order valence-electron chi connectivity index (χ3n) is 5.47. The number of aromatic nitrogens is 2. The highest BCUT2D eigenvalue weighted by molar-refractivity contribution is 8.00. The standard InChI is InChI=1S/C27H24N4O3S/c1-19(25(32)30(17-9-16-28)20-10-4-3-5-11-20)35-27-29-24-15-7-6-14-23(24)26(33)31(27)21-12-8-13-22(18-21)34-2/h3-8,10-15,18-19H,9,17H2,1-2H3. The Morgan fingerprint density at radius 2 is 1.86 bits per heavy atom. The van der Waals surface area contributed by atoms with E-state index in [-0.39, 0.29) is 24.4 Å². The van der Waals surface area contributed by atoms with Gasteiger partial charge in [-0.3, -0.25) is 14.2 Å². The van der Waals surface area contributed by atoms with Crippen molar-refractivity contribution in [2.45, 2.75) is 23.8 Å². The minimum atomic E-state index is -0.571. The summed E-state index contributed by atoms with van der Waals surface area (Å²) in [6, 6.07) is 25.7. The fourth-order valence-corrected chi connectivity index (χ4v) is 4.72. The quantitative estimate of drug-likeness (QED) is 0.263. The van der Waals surface area contributed by atoms with E-state index in [4.69, 9.17) is 15.0 Å². The second kappa shape index (κ2) is 10.9. The summed E-state index contributed by atoms with van der Waals surface area (Å²) < 4.78 is 6.87. The molecule has 0 fully saturated rings. The molecule has 0 N–H and O–H groups in total. The summed E-state index contributed by atoms with van der Waals surface area (Å²) >= 11 is 1.21. The van der Waals surface area contributed by atoms with E-state index in [1.165, 1.54) is 16.3 Å². The Kier molecular flexibility index (Phi) is 7.48. The molecule has 176 valence electrons. The van der Waals surface area contributed by atoms with Crippen LogP contribution >= 0.6 is 11.8 Å². The van der Waals surface area contributed by atoms with Gasteiger partial charge in [-0.25, -0.2) is 4.98 Å². The minimum Gasteiger partial charge on any atom is -0.497 e. The van der Waals surface area contributed by atoms with Crippen LogP contribution in [0, 0.1) is 11.3 Å². The lowest BCUT2D eigenvalue weighted by Crippen LogP contribution is -2.37. The number of para-hydroxylation sites is 2. The summed E-state index contributed by atoms with van der Waals surface area (Å²) in [5.41, 5.74) is 1.65. The maximum atomic E-state index is 13.5. The first-order valence-electron chi connectivity index (χ1n) is 11.1. The third-order valence-corrected chi connectivity index (χ3v) is 6.51. The predicted molar refractivity (Wildman–Crippen MR) is 138 cm³/mol. The van der Waals surface area contributed by atoms with Crippen molar-refractivity contribution < 1.29 is 9.53 Å². The number of hydrogen-bond donors (Lipinski definition) is 0. The lowest BCUT2D eigenvalue weighted by molar-refractivity contribution is -0.117. The fraction of sp³-hybridized carbons (Fsp3) is 0.185. The number of carbonyl (C=O) groups excluding carboxylic acids is 1. The number of amides is 1. The lowest BCUT2D eigenvalue weighted by Gasteiger charge is -2.25. The normalized spacial score (nSPS) is 11.6. The van der Waals surface area contributed by atoms with Gasteiger partial charge in [-0.15, -0.1) is 0 Å². The van der Waals surface area contributed by atoms with Gasteiger partial charge in [0.2, 0.25) is 5.91 Å². The molecule has 7 nitrogen and oxygen atoms in total. The molecule has 35 heavy (non-hydrogen) atoms. The highest BCUT2D eigenvalue weighted by atomic mass is 32.2. The number of rotatable bonds is 8. The second-order valence-corrected chi connectivity index (χ2v) is 9.06. The first-order chi connectivity index (χ1) is 17.0. The van der Waals surface area contributed by atoms with Crippen molar-refractivity contribution in [3.05, 3.63) is 89.2 Å². The Morgan fingerprint density at radius 3 is 2.60 bits per heavy atom.